The van der Waals surface area contributed by atoms with Crippen molar-refractivity contribution in [2.24, 2.45) is 5.41 Å². The van der Waals surface area contributed by atoms with Crippen LogP contribution in [0.3, 0.4) is 0 Å². The molecule has 1 saturated heterocycles. The van der Waals surface area contributed by atoms with Crippen LogP contribution in [0.4, 0.5) is 0 Å². The Morgan fingerprint density at radius 2 is 1.73 bits per heavy atom. The third-order valence-corrected chi connectivity index (χ3v) is 6.03. The zero-order chi connectivity index (χ0) is 21.0. The topological polar surface area (TPSA) is 36.4 Å². The largest absolute Gasteiger partial charge is 0.348 e. The van der Waals surface area contributed by atoms with Gasteiger partial charge >= 0.3 is 0 Å². The summed E-state index contributed by atoms with van der Waals surface area (Å²) in [7, 11) is 3.74. The number of likely N-dealkylation sites (tertiary alicyclic amines) is 1. The Balaban J connectivity index is 1.52. The van der Waals surface area contributed by atoms with Gasteiger partial charge in [-0.05, 0) is 47.7 Å². The molecule has 0 radical (unpaired) electrons. The van der Waals surface area contributed by atoms with Crippen molar-refractivity contribution in [2.45, 2.75) is 19.4 Å². The lowest BCUT2D eigenvalue weighted by molar-refractivity contribution is -0.138. The maximum Gasteiger partial charge on any atom is 0.229 e. The van der Waals surface area contributed by atoms with Crippen LogP contribution in [0, 0.1) is 5.41 Å². The van der Waals surface area contributed by atoms with Crippen molar-refractivity contribution in [1.29, 1.82) is 0 Å². The molecule has 30 heavy (non-hydrogen) atoms. The maximum atomic E-state index is 13.2. The number of aromatic nitrogens is 1. The second-order valence-electron chi connectivity index (χ2n) is 8.54. The molecule has 4 nitrogen and oxygen atoms in total. The van der Waals surface area contributed by atoms with Crippen LogP contribution in [0.15, 0.2) is 79.1 Å². The van der Waals surface area contributed by atoms with Crippen LogP contribution in [-0.4, -0.2) is 47.9 Å². The van der Waals surface area contributed by atoms with E-state index in [0.29, 0.717) is 0 Å². The fourth-order valence-corrected chi connectivity index (χ4v) is 4.54. The molecule has 0 saturated carbocycles. The number of hydrogen-bond acceptors (Lipinski definition) is 3. The number of pyridine rings is 1. The zero-order valence-electron chi connectivity index (χ0n) is 17.8. The lowest BCUT2D eigenvalue weighted by Crippen LogP contribution is -2.43. The number of carbonyl (C=O) groups excluding carboxylic acids is 1. The molecule has 1 fully saturated rings. The first kappa shape index (κ1) is 20.3. The molecule has 1 aliphatic rings. The molecule has 1 atom stereocenters. The van der Waals surface area contributed by atoms with Gasteiger partial charge in [-0.15, -0.1) is 0 Å². The molecule has 0 bridgehead atoms. The smallest absolute Gasteiger partial charge is 0.229 e. The van der Waals surface area contributed by atoms with Gasteiger partial charge in [-0.2, -0.15) is 0 Å². The predicted octanol–water partition coefficient (Wildman–Crippen LogP) is 4.27. The summed E-state index contributed by atoms with van der Waals surface area (Å²) in [6, 6.07) is 23.1. The van der Waals surface area contributed by atoms with Gasteiger partial charge in [-0.1, -0.05) is 60.7 Å². The predicted molar refractivity (Wildman–Crippen MR) is 121 cm³/mol. The van der Waals surface area contributed by atoms with Gasteiger partial charge in [0.2, 0.25) is 5.91 Å². The third-order valence-electron chi connectivity index (χ3n) is 6.03. The molecular weight excluding hydrogens is 370 g/mol. The standard InChI is InChI=1S/C26H29N3O/c1-28(2)25(30)26(14-16-29(20-26)19-22-7-4-3-5-8-22)17-21-10-12-23(13-11-21)24-9-6-15-27-18-24/h3-13,15,18H,14,16-17,19-20H2,1-2H3. The van der Waals surface area contributed by atoms with Crippen molar-refractivity contribution in [2.75, 3.05) is 27.2 Å². The molecular formula is C26H29N3O. The zero-order valence-corrected chi connectivity index (χ0v) is 17.8. The quantitative estimate of drug-likeness (QED) is 0.621. The van der Waals surface area contributed by atoms with Gasteiger partial charge in [0, 0.05) is 39.6 Å². The Morgan fingerprint density at radius 1 is 0.967 bits per heavy atom. The molecule has 2 heterocycles. The van der Waals surface area contributed by atoms with E-state index in [-0.39, 0.29) is 11.3 Å². The van der Waals surface area contributed by atoms with E-state index in [1.54, 1.807) is 11.1 Å². The minimum Gasteiger partial charge on any atom is -0.348 e. The lowest BCUT2D eigenvalue weighted by Gasteiger charge is -2.31. The fourth-order valence-electron chi connectivity index (χ4n) is 4.54. The fraction of sp³-hybridized carbons (Fsp3) is 0.308. The van der Waals surface area contributed by atoms with E-state index >= 15 is 0 Å². The van der Waals surface area contributed by atoms with E-state index in [2.05, 4.69) is 64.5 Å². The van der Waals surface area contributed by atoms with Gasteiger partial charge in [-0.25, -0.2) is 0 Å². The minimum atomic E-state index is -0.367. The van der Waals surface area contributed by atoms with Crippen molar-refractivity contribution in [3.8, 4) is 11.1 Å². The summed E-state index contributed by atoms with van der Waals surface area (Å²) >= 11 is 0. The molecule has 2 aromatic carbocycles. The highest BCUT2D eigenvalue weighted by atomic mass is 16.2. The second-order valence-corrected chi connectivity index (χ2v) is 8.54. The SMILES string of the molecule is CN(C)C(=O)C1(Cc2ccc(-c3cccnc3)cc2)CCN(Cc2ccccc2)C1. The first-order chi connectivity index (χ1) is 14.6. The molecule has 3 aromatic rings. The molecule has 4 rings (SSSR count). The normalized spacial score (nSPS) is 19.0. The van der Waals surface area contributed by atoms with Crippen molar-refractivity contribution < 1.29 is 4.79 Å². The molecule has 1 aromatic heterocycles. The third kappa shape index (κ3) is 4.44. The average Bonchev–Trinajstić information content (AvgIpc) is 3.18. The van der Waals surface area contributed by atoms with Crippen LogP contribution in [0.2, 0.25) is 0 Å². The molecule has 1 amide bonds. The minimum absolute atomic E-state index is 0.231. The van der Waals surface area contributed by atoms with Crippen LogP contribution >= 0.6 is 0 Å². The molecule has 1 unspecified atom stereocenters. The summed E-state index contributed by atoms with van der Waals surface area (Å²) in [6.45, 7) is 2.63. The molecule has 0 spiro atoms. The van der Waals surface area contributed by atoms with Gasteiger partial charge in [0.25, 0.3) is 0 Å². The summed E-state index contributed by atoms with van der Waals surface area (Å²) in [5.41, 5.74) is 4.40. The number of nitrogens with zero attached hydrogens (tertiary/aromatic N) is 3. The Labute approximate surface area is 179 Å². The number of benzene rings is 2. The van der Waals surface area contributed by atoms with Crippen molar-refractivity contribution in [3.05, 3.63) is 90.3 Å². The summed E-state index contributed by atoms with van der Waals surface area (Å²) in [6.07, 6.45) is 5.32. The van der Waals surface area contributed by atoms with Crippen LogP contribution in [0.25, 0.3) is 11.1 Å². The summed E-state index contributed by atoms with van der Waals surface area (Å²) < 4.78 is 0. The van der Waals surface area contributed by atoms with Crippen LogP contribution in [0.5, 0.6) is 0 Å². The van der Waals surface area contributed by atoms with E-state index in [1.165, 1.54) is 11.1 Å². The van der Waals surface area contributed by atoms with Crippen molar-refractivity contribution >= 4 is 5.91 Å². The Morgan fingerprint density at radius 3 is 2.40 bits per heavy atom. The molecule has 1 aliphatic heterocycles. The summed E-state index contributed by atoms with van der Waals surface area (Å²) in [4.78, 5) is 21.6. The number of hydrogen-bond donors (Lipinski definition) is 0. The molecule has 0 N–H and O–H groups in total. The first-order valence-electron chi connectivity index (χ1n) is 10.5. The van der Waals surface area contributed by atoms with Gasteiger partial charge in [-0.3, -0.25) is 14.7 Å². The van der Waals surface area contributed by atoms with Crippen LogP contribution in [0.1, 0.15) is 17.5 Å². The molecule has 0 aliphatic carbocycles. The van der Waals surface area contributed by atoms with E-state index in [9.17, 15) is 4.79 Å². The van der Waals surface area contributed by atoms with Gasteiger partial charge in [0.15, 0.2) is 0 Å². The summed E-state index contributed by atoms with van der Waals surface area (Å²) in [5, 5.41) is 0. The van der Waals surface area contributed by atoms with Gasteiger partial charge in [0.1, 0.15) is 0 Å². The van der Waals surface area contributed by atoms with E-state index < -0.39 is 0 Å². The first-order valence-corrected chi connectivity index (χ1v) is 10.5. The lowest BCUT2D eigenvalue weighted by atomic mass is 9.79. The highest BCUT2D eigenvalue weighted by Gasteiger charge is 2.45. The Kier molecular flexibility index (Phi) is 5.96. The average molecular weight is 400 g/mol. The number of rotatable bonds is 6. The van der Waals surface area contributed by atoms with E-state index in [1.807, 2.05) is 32.4 Å². The number of amides is 1. The van der Waals surface area contributed by atoms with Gasteiger partial charge < -0.3 is 4.90 Å². The van der Waals surface area contributed by atoms with Crippen LogP contribution in [-0.2, 0) is 17.8 Å². The Hall–Kier alpha value is -2.98. The van der Waals surface area contributed by atoms with Crippen molar-refractivity contribution in [3.63, 3.8) is 0 Å². The Bertz CT molecular complexity index is 970. The second kappa shape index (κ2) is 8.80. The highest BCUT2D eigenvalue weighted by molar-refractivity contribution is 5.83. The monoisotopic (exact) mass is 399 g/mol. The van der Waals surface area contributed by atoms with E-state index in [0.717, 1.165) is 43.6 Å². The number of carbonyl (C=O) groups is 1. The van der Waals surface area contributed by atoms with Gasteiger partial charge in [0.05, 0.1) is 5.41 Å². The summed E-state index contributed by atoms with van der Waals surface area (Å²) in [5.74, 6) is 0.231. The van der Waals surface area contributed by atoms with Crippen LogP contribution < -0.4 is 0 Å². The molecule has 4 heteroatoms. The molecule has 154 valence electrons. The highest BCUT2D eigenvalue weighted by Crippen LogP contribution is 2.37. The maximum absolute atomic E-state index is 13.2. The van der Waals surface area contributed by atoms with Crippen molar-refractivity contribution in [1.82, 2.24) is 14.8 Å². The van der Waals surface area contributed by atoms with E-state index in [4.69, 9.17) is 0 Å².